The molecule has 0 aliphatic carbocycles. The molecule has 1 aliphatic rings. The Labute approximate surface area is 128 Å². The summed E-state index contributed by atoms with van der Waals surface area (Å²) in [6.45, 7) is 1.78. The van der Waals surface area contributed by atoms with Gasteiger partial charge >= 0.3 is 6.03 Å². The highest BCUT2D eigenvalue weighted by Crippen LogP contribution is 2.20. The number of amides is 3. The molecule has 0 radical (unpaired) electrons. The first kappa shape index (κ1) is 15.6. The smallest absolute Gasteiger partial charge is 0.319 e. The van der Waals surface area contributed by atoms with Gasteiger partial charge in [-0.3, -0.25) is 9.69 Å². The van der Waals surface area contributed by atoms with Gasteiger partial charge in [-0.25, -0.2) is 4.79 Å². The fourth-order valence-electron chi connectivity index (χ4n) is 2.36. The van der Waals surface area contributed by atoms with Crippen LogP contribution in [0.1, 0.15) is 12.8 Å². The van der Waals surface area contributed by atoms with E-state index in [2.05, 4.69) is 10.6 Å². The van der Waals surface area contributed by atoms with Crippen LogP contribution >= 0.6 is 11.6 Å². The molecule has 0 aromatic heterocycles. The van der Waals surface area contributed by atoms with Gasteiger partial charge in [0, 0.05) is 19.1 Å². The maximum Gasteiger partial charge on any atom is 0.319 e. The normalized spacial score (nSPS) is 16.4. The summed E-state index contributed by atoms with van der Waals surface area (Å²) in [5.74, 6) is -0.321. The van der Waals surface area contributed by atoms with E-state index in [4.69, 9.17) is 17.3 Å². The Morgan fingerprint density at radius 3 is 2.57 bits per heavy atom. The molecule has 1 saturated heterocycles. The number of hydrogen-bond donors (Lipinski definition) is 3. The van der Waals surface area contributed by atoms with Gasteiger partial charge in [0.15, 0.2) is 0 Å². The van der Waals surface area contributed by atoms with Crippen LogP contribution in [0.5, 0.6) is 0 Å². The van der Waals surface area contributed by atoms with Crippen LogP contribution in [0.4, 0.5) is 10.5 Å². The Morgan fingerprint density at radius 2 is 1.95 bits per heavy atom. The minimum atomic E-state index is -0.321. The summed E-state index contributed by atoms with van der Waals surface area (Å²) in [5, 5.41) is 6.15. The summed E-state index contributed by atoms with van der Waals surface area (Å²) in [4.78, 5) is 24.8. The molecule has 6 nitrogen and oxygen atoms in total. The van der Waals surface area contributed by atoms with Gasteiger partial charge in [0.2, 0.25) is 5.91 Å². The zero-order chi connectivity index (χ0) is 15.2. The molecule has 1 heterocycles. The lowest BCUT2D eigenvalue weighted by Gasteiger charge is -2.31. The third-order valence-electron chi connectivity index (χ3n) is 3.42. The number of para-hydroxylation sites is 1. The second-order valence-electron chi connectivity index (χ2n) is 5.10. The Kier molecular flexibility index (Phi) is 5.41. The van der Waals surface area contributed by atoms with Crippen molar-refractivity contribution in [1.29, 1.82) is 0 Å². The van der Waals surface area contributed by atoms with Gasteiger partial charge in [-0.15, -0.1) is 0 Å². The molecule has 21 heavy (non-hydrogen) atoms. The second-order valence-corrected chi connectivity index (χ2v) is 5.50. The molecular weight excluding hydrogens is 292 g/mol. The number of rotatable bonds is 4. The number of primary amides is 1. The number of benzene rings is 1. The molecule has 1 aromatic carbocycles. The van der Waals surface area contributed by atoms with E-state index in [1.165, 1.54) is 0 Å². The van der Waals surface area contributed by atoms with Gasteiger partial charge in [-0.05, 0) is 25.0 Å². The molecule has 0 spiro atoms. The van der Waals surface area contributed by atoms with Crippen LogP contribution in [0.2, 0.25) is 5.02 Å². The summed E-state index contributed by atoms with van der Waals surface area (Å²) in [7, 11) is 0. The van der Waals surface area contributed by atoms with Crippen molar-refractivity contribution in [3.05, 3.63) is 29.3 Å². The maximum absolute atomic E-state index is 11.9. The lowest BCUT2D eigenvalue weighted by atomic mass is 10.1. The van der Waals surface area contributed by atoms with E-state index in [0.717, 1.165) is 25.9 Å². The topological polar surface area (TPSA) is 87.5 Å². The fraction of sp³-hybridized carbons (Fsp3) is 0.429. The molecule has 3 amide bonds. The maximum atomic E-state index is 11.9. The molecule has 1 fully saturated rings. The molecule has 0 unspecified atom stereocenters. The molecular formula is C14H19ClN4O2. The Balaban J connectivity index is 1.77. The Morgan fingerprint density at radius 1 is 1.29 bits per heavy atom. The van der Waals surface area contributed by atoms with Crippen molar-refractivity contribution >= 4 is 29.2 Å². The van der Waals surface area contributed by atoms with Gasteiger partial charge in [0.25, 0.3) is 0 Å². The lowest BCUT2D eigenvalue weighted by Crippen LogP contribution is -2.47. The second kappa shape index (κ2) is 7.28. The van der Waals surface area contributed by atoms with Crippen LogP contribution < -0.4 is 16.4 Å². The quantitative estimate of drug-likeness (QED) is 0.786. The van der Waals surface area contributed by atoms with Crippen molar-refractivity contribution in [2.75, 3.05) is 25.0 Å². The highest BCUT2D eigenvalue weighted by atomic mass is 35.5. The van der Waals surface area contributed by atoms with E-state index < -0.39 is 0 Å². The van der Waals surface area contributed by atoms with Crippen molar-refractivity contribution in [3.8, 4) is 0 Å². The van der Waals surface area contributed by atoms with E-state index in [0.29, 0.717) is 10.7 Å². The average Bonchev–Trinajstić information content (AvgIpc) is 2.43. The molecule has 1 aromatic rings. The van der Waals surface area contributed by atoms with Gasteiger partial charge in [-0.2, -0.15) is 0 Å². The number of likely N-dealkylation sites (tertiary alicyclic amines) is 1. The van der Waals surface area contributed by atoms with E-state index >= 15 is 0 Å². The largest absolute Gasteiger partial charge is 0.369 e. The van der Waals surface area contributed by atoms with Gasteiger partial charge in [0.05, 0.1) is 17.3 Å². The standard InChI is InChI=1S/C14H19ClN4O2/c15-11-3-1-2-4-12(11)18-14(21)17-10-5-7-19(8-6-10)9-13(16)20/h1-4,10H,5-9H2,(H2,16,20)(H2,17,18,21). The number of urea groups is 1. The van der Waals surface area contributed by atoms with E-state index in [1.807, 2.05) is 11.0 Å². The molecule has 0 saturated carbocycles. The van der Waals surface area contributed by atoms with Gasteiger partial charge in [-0.1, -0.05) is 23.7 Å². The van der Waals surface area contributed by atoms with E-state index in [1.54, 1.807) is 18.2 Å². The van der Waals surface area contributed by atoms with Crippen molar-refractivity contribution in [3.63, 3.8) is 0 Å². The minimum absolute atomic E-state index is 0.0941. The van der Waals surface area contributed by atoms with E-state index in [-0.39, 0.29) is 24.5 Å². The Bertz CT molecular complexity index is 515. The average molecular weight is 311 g/mol. The zero-order valence-electron chi connectivity index (χ0n) is 11.6. The fourth-order valence-corrected chi connectivity index (χ4v) is 2.55. The zero-order valence-corrected chi connectivity index (χ0v) is 12.4. The summed E-state index contributed by atoms with van der Waals surface area (Å²) in [5.41, 5.74) is 5.75. The first-order chi connectivity index (χ1) is 10.0. The van der Waals surface area contributed by atoms with Crippen LogP contribution in [0, 0.1) is 0 Å². The molecule has 4 N–H and O–H groups in total. The number of carbonyl (C=O) groups is 2. The third kappa shape index (κ3) is 4.91. The first-order valence-electron chi connectivity index (χ1n) is 6.87. The predicted octanol–water partition coefficient (Wildman–Crippen LogP) is 1.41. The summed E-state index contributed by atoms with van der Waals surface area (Å²) < 4.78 is 0. The van der Waals surface area contributed by atoms with Crippen molar-refractivity contribution in [2.24, 2.45) is 5.73 Å². The van der Waals surface area contributed by atoms with Crippen LogP contribution in [-0.4, -0.2) is 42.5 Å². The van der Waals surface area contributed by atoms with Crippen LogP contribution in [0.15, 0.2) is 24.3 Å². The minimum Gasteiger partial charge on any atom is -0.369 e. The van der Waals surface area contributed by atoms with Gasteiger partial charge < -0.3 is 16.4 Å². The number of hydrogen-bond acceptors (Lipinski definition) is 3. The van der Waals surface area contributed by atoms with E-state index in [9.17, 15) is 9.59 Å². The third-order valence-corrected chi connectivity index (χ3v) is 3.75. The number of piperidine rings is 1. The first-order valence-corrected chi connectivity index (χ1v) is 7.25. The molecule has 0 atom stereocenters. The molecule has 114 valence electrons. The monoisotopic (exact) mass is 310 g/mol. The number of halogens is 1. The SMILES string of the molecule is NC(=O)CN1CCC(NC(=O)Nc2ccccc2Cl)CC1. The van der Waals surface area contributed by atoms with Crippen molar-refractivity contribution in [1.82, 2.24) is 10.2 Å². The van der Waals surface area contributed by atoms with Crippen LogP contribution in [0.25, 0.3) is 0 Å². The highest BCUT2D eigenvalue weighted by molar-refractivity contribution is 6.33. The number of carbonyl (C=O) groups excluding carboxylic acids is 2. The number of nitrogens with zero attached hydrogens (tertiary/aromatic N) is 1. The van der Waals surface area contributed by atoms with Crippen molar-refractivity contribution < 1.29 is 9.59 Å². The van der Waals surface area contributed by atoms with Crippen LogP contribution in [0.3, 0.4) is 0 Å². The number of anilines is 1. The number of nitrogens with two attached hydrogens (primary N) is 1. The Hall–Kier alpha value is -1.79. The molecule has 7 heteroatoms. The predicted molar refractivity (Wildman–Crippen MR) is 82.3 cm³/mol. The lowest BCUT2D eigenvalue weighted by molar-refractivity contribution is -0.119. The molecule has 0 bridgehead atoms. The highest BCUT2D eigenvalue weighted by Gasteiger charge is 2.21. The summed E-state index contributed by atoms with van der Waals surface area (Å²) in [6, 6.07) is 6.91. The summed E-state index contributed by atoms with van der Waals surface area (Å²) >= 11 is 5.99. The number of nitrogens with one attached hydrogen (secondary N) is 2. The summed E-state index contributed by atoms with van der Waals surface area (Å²) in [6.07, 6.45) is 1.59. The van der Waals surface area contributed by atoms with Crippen molar-refractivity contribution in [2.45, 2.75) is 18.9 Å². The molecule has 1 aliphatic heterocycles. The van der Waals surface area contributed by atoms with Crippen LogP contribution in [-0.2, 0) is 4.79 Å². The van der Waals surface area contributed by atoms with Gasteiger partial charge in [0.1, 0.15) is 0 Å². The molecule has 2 rings (SSSR count).